The Bertz CT molecular complexity index is 573. The summed E-state index contributed by atoms with van der Waals surface area (Å²) in [6, 6.07) is 1.98. The average Bonchev–Trinajstić information content (AvgIpc) is 3.05. The van der Waals surface area contributed by atoms with E-state index in [1.807, 2.05) is 27.8 Å². The fourth-order valence-electron chi connectivity index (χ4n) is 3.04. The summed E-state index contributed by atoms with van der Waals surface area (Å²) in [4.78, 5) is 28.3. The molecule has 24 heavy (non-hydrogen) atoms. The van der Waals surface area contributed by atoms with Crippen LogP contribution in [0, 0.1) is 5.92 Å². The maximum absolute atomic E-state index is 12.2. The predicted molar refractivity (Wildman–Crippen MR) is 96.7 cm³/mol. The minimum atomic E-state index is -0.0556. The molecule has 0 aromatic carbocycles. The Balaban J connectivity index is 1.30. The third-order valence-electron chi connectivity index (χ3n) is 4.84. The Morgan fingerprint density at radius 3 is 2.67 bits per heavy atom. The highest BCUT2D eigenvalue weighted by atomic mass is 32.1. The molecular formula is C18H25N3O2S. The van der Waals surface area contributed by atoms with E-state index in [1.165, 1.54) is 6.42 Å². The van der Waals surface area contributed by atoms with Crippen LogP contribution in [0.3, 0.4) is 0 Å². The molecule has 1 N–H and O–H groups in total. The predicted octanol–water partition coefficient (Wildman–Crippen LogP) is 1.82. The normalized spacial score (nSPS) is 19.4. The number of thiophene rings is 1. The van der Waals surface area contributed by atoms with E-state index in [9.17, 15) is 9.59 Å². The lowest BCUT2D eigenvalue weighted by atomic mass is 9.84. The summed E-state index contributed by atoms with van der Waals surface area (Å²) in [5.74, 6) is 0.596. The maximum atomic E-state index is 12.2. The summed E-state index contributed by atoms with van der Waals surface area (Å²) >= 11 is 1.62. The molecule has 0 bridgehead atoms. The number of rotatable bonds is 6. The largest absolute Gasteiger partial charge is 0.351 e. The van der Waals surface area contributed by atoms with Crippen molar-refractivity contribution < 1.29 is 9.59 Å². The van der Waals surface area contributed by atoms with Crippen LogP contribution >= 0.6 is 11.3 Å². The monoisotopic (exact) mass is 347 g/mol. The average molecular weight is 347 g/mol. The zero-order valence-corrected chi connectivity index (χ0v) is 14.8. The van der Waals surface area contributed by atoms with Gasteiger partial charge in [-0.25, -0.2) is 0 Å². The molecule has 0 spiro atoms. The quantitative estimate of drug-likeness (QED) is 0.799. The van der Waals surface area contributed by atoms with Gasteiger partial charge in [0.1, 0.15) is 0 Å². The van der Waals surface area contributed by atoms with Crippen molar-refractivity contribution in [1.82, 2.24) is 15.1 Å². The van der Waals surface area contributed by atoms with E-state index >= 15 is 0 Å². The summed E-state index contributed by atoms with van der Waals surface area (Å²) in [6.45, 7) is 4.92. The third kappa shape index (κ3) is 4.68. The Hall–Kier alpha value is -1.66. The number of piperazine rings is 1. The lowest BCUT2D eigenvalue weighted by molar-refractivity contribution is -0.139. The first-order valence-corrected chi connectivity index (χ1v) is 9.66. The molecule has 1 saturated carbocycles. The molecule has 3 rings (SSSR count). The highest BCUT2D eigenvalue weighted by molar-refractivity contribution is 7.08. The molecule has 2 heterocycles. The van der Waals surface area contributed by atoms with Crippen LogP contribution in [0.4, 0.5) is 0 Å². The number of carbonyl (C=O) groups excluding carboxylic acids is 2. The van der Waals surface area contributed by atoms with Crippen molar-refractivity contribution in [3.05, 3.63) is 28.5 Å². The number of nitrogens with one attached hydrogen (secondary N) is 1. The van der Waals surface area contributed by atoms with Crippen LogP contribution in [0.2, 0.25) is 0 Å². The van der Waals surface area contributed by atoms with Crippen LogP contribution in [-0.4, -0.2) is 60.9 Å². The van der Waals surface area contributed by atoms with E-state index in [-0.39, 0.29) is 5.91 Å². The molecule has 1 aliphatic heterocycles. The first kappa shape index (κ1) is 17.2. The molecule has 130 valence electrons. The molecule has 1 aliphatic carbocycles. The smallest absolute Gasteiger partial charge is 0.244 e. The highest BCUT2D eigenvalue weighted by Gasteiger charge is 2.30. The summed E-state index contributed by atoms with van der Waals surface area (Å²) in [5.41, 5.74) is 1.06. The molecule has 1 saturated heterocycles. The minimum absolute atomic E-state index is 0.0556. The lowest BCUT2D eigenvalue weighted by Crippen LogP contribution is -2.52. The van der Waals surface area contributed by atoms with E-state index in [0.717, 1.165) is 51.1 Å². The van der Waals surface area contributed by atoms with Gasteiger partial charge in [-0.05, 0) is 41.3 Å². The number of hydrogen-bond donors (Lipinski definition) is 1. The van der Waals surface area contributed by atoms with Crippen molar-refractivity contribution in [3.8, 4) is 0 Å². The first-order valence-electron chi connectivity index (χ1n) is 8.71. The molecule has 6 heteroatoms. The second-order valence-electron chi connectivity index (χ2n) is 6.48. The number of carbonyl (C=O) groups is 2. The van der Waals surface area contributed by atoms with E-state index in [2.05, 4.69) is 10.2 Å². The van der Waals surface area contributed by atoms with E-state index in [4.69, 9.17) is 0 Å². The van der Waals surface area contributed by atoms with Crippen LogP contribution in [0.25, 0.3) is 6.08 Å². The first-order chi connectivity index (χ1) is 11.7. The van der Waals surface area contributed by atoms with Crippen LogP contribution in [0.1, 0.15) is 24.8 Å². The maximum Gasteiger partial charge on any atom is 0.244 e. The zero-order chi connectivity index (χ0) is 16.8. The Morgan fingerprint density at radius 2 is 2.04 bits per heavy atom. The van der Waals surface area contributed by atoms with Crippen molar-refractivity contribution >= 4 is 29.2 Å². The molecule has 0 radical (unpaired) electrons. The van der Waals surface area contributed by atoms with Gasteiger partial charge in [0.25, 0.3) is 0 Å². The second-order valence-corrected chi connectivity index (χ2v) is 7.26. The topological polar surface area (TPSA) is 52.7 Å². The van der Waals surface area contributed by atoms with Crippen LogP contribution in [-0.2, 0) is 9.59 Å². The van der Waals surface area contributed by atoms with Gasteiger partial charge in [0.05, 0.1) is 0 Å². The summed E-state index contributed by atoms with van der Waals surface area (Å²) in [5, 5.41) is 6.92. The fourth-order valence-corrected chi connectivity index (χ4v) is 3.67. The highest BCUT2D eigenvalue weighted by Crippen LogP contribution is 2.28. The molecule has 5 nitrogen and oxygen atoms in total. The number of amides is 2. The van der Waals surface area contributed by atoms with Crippen molar-refractivity contribution in [2.45, 2.75) is 19.3 Å². The van der Waals surface area contributed by atoms with Crippen LogP contribution in [0.15, 0.2) is 22.9 Å². The third-order valence-corrected chi connectivity index (χ3v) is 5.54. The number of hydrogen-bond acceptors (Lipinski definition) is 4. The van der Waals surface area contributed by atoms with Crippen LogP contribution in [0.5, 0.6) is 0 Å². The van der Waals surface area contributed by atoms with E-state index in [1.54, 1.807) is 17.4 Å². The molecule has 2 amide bonds. The van der Waals surface area contributed by atoms with Crippen molar-refractivity contribution in [3.63, 3.8) is 0 Å². The van der Waals surface area contributed by atoms with Gasteiger partial charge >= 0.3 is 0 Å². The molecule has 0 unspecified atom stereocenters. The number of nitrogens with zero attached hydrogens (tertiary/aromatic N) is 2. The van der Waals surface area contributed by atoms with Crippen molar-refractivity contribution in [2.24, 2.45) is 5.92 Å². The lowest BCUT2D eigenvalue weighted by Gasteiger charge is -2.38. The molecular weight excluding hydrogens is 322 g/mol. The summed E-state index contributed by atoms with van der Waals surface area (Å²) < 4.78 is 0. The van der Waals surface area contributed by atoms with Gasteiger partial charge in [0.15, 0.2) is 0 Å². The van der Waals surface area contributed by atoms with Gasteiger partial charge in [-0.3, -0.25) is 14.5 Å². The Labute approximate surface area is 147 Å². The second kappa shape index (κ2) is 8.44. The van der Waals surface area contributed by atoms with Gasteiger partial charge in [0.2, 0.25) is 11.8 Å². The van der Waals surface area contributed by atoms with E-state index < -0.39 is 0 Å². The molecule has 0 atom stereocenters. The Kier molecular flexibility index (Phi) is 6.04. The Morgan fingerprint density at radius 1 is 1.25 bits per heavy atom. The molecule has 2 aliphatic rings. The SMILES string of the molecule is O=C(/C=C\c1ccsc1)NCCN1CCN(C(=O)C2CCC2)CC1. The summed E-state index contributed by atoms with van der Waals surface area (Å²) in [7, 11) is 0. The molecule has 1 aromatic rings. The standard InChI is InChI=1S/C18H25N3O2S/c22-17(5-4-15-6-13-24-14-15)19-7-8-20-9-11-21(12-10-20)18(23)16-2-1-3-16/h4-6,13-14,16H,1-3,7-12H2,(H,19,22)/b5-4-. The molecule has 1 aromatic heterocycles. The van der Waals surface area contributed by atoms with E-state index in [0.29, 0.717) is 18.4 Å². The van der Waals surface area contributed by atoms with Crippen molar-refractivity contribution in [2.75, 3.05) is 39.3 Å². The van der Waals surface area contributed by atoms with Gasteiger partial charge in [-0.15, -0.1) is 0 Å². The van der Waals surface area contributed by atoms with Gasteiger partial charge in [-0.2, -0.15) is 11.3 Å². The van der Waals surface area contributed by atoms with Crippen LogP contribution < -0.4 is 5.32 Å². The van der Waals surface area contributed by atoms with Gasteiger partial charge < -0.3 is 10.2 Å². The van der Waals surface area contributed by atoms with Crippen molar-refractivity contribution in [1.29, 1.82) is 0 Å². The fraction of sp³-hybridized carbons (Fsp3) is 0.556. The minimum Gasteiger partial charge on any atom is -0.351 e. The van der Waals surface area contributed by atoms with Gasteiger partial charge in [-0.1, -0.05) is 6.42 Å². The van der Waals surface area contributed by atoms with Gasteiger partial charge in [0, 0.05) is 51.3 Å². The summed E-state index contributed by atoms with van der Waals surface area (Å²) in [6.07, 6.45) is 6.76. The zero-order valence-electron chi connectivity index (χ0n) is 13.9. The molecule has 2 fully saturated rings.